The molecule has 1 aliphatic heterocycles. The first-order chi connectivity index (χ1) is 7.16. The average Bonchev–Trinajstić information content (AvgIpc) is 2.63. The molecule has 1 fully saturated rings. The summed E-state index contributed by atoms with van der Waals surface area (Å²) in [4.78, 5) is 0. The normalized spacial score (nSPS) is 20.6. The predicted molar refractivity (Wildman–Crippen MR) is 63.1 cm³/mol. The minimum atomic E-state index is 0.183. The van der Waals surface area contributed by atoms with Crippen LogP contribution in [0, 0.1) is 6.92 Å². The number of aryl methyl sites for hydroxylation is 1. The summed E-state index contributed by atoms with van der Waals surface area (Å²) >= 11 is 12.2. The highest BCUT2D eigenvalue weighted by molar-refractivity contribution is 6.37. The number of halogens is 2. The van der Waals surface area contributed by atoms with Crippen molar-refractivity contribution in [3.63, 3.8) is 0 Å². The molecule has 1 heterocycles. The molecule has 1 aromatic carbocycles. The molecular formula is C11H13Cl2NO. The number of benzene rings is 1. The van der Waals surface area contributed by atoms with E-state index in [-0.39, 0.29) is 6.10 Å². The van der Waals surface area contributed by atoms with Crippen LogP contribution in [0.4, 0.5) is 0 Å². The zero-order chi connectivity index (χ0) is 10.8. The smallest absolute Gasteiger partial charge is 0.156 e. The Labute approximate surface area is 99.5 Å². The van der Waals surface area contributed by atoms with E-state index < -0.39 is 0 Å². The molecule has 0 spiro atoms. The van der Waals surface area contributed by atoms with Gasteiger partial charge in [0.15, 0.2) is 5.75 Å². The van der Waals surface area contributed by atoms with Crippen molar-refractivity contribution in [2.24, 2.45) is 0 Å². The van der Waals surface area contributed by atoms with Crippen LogP contribution in [0.5, 0.6) is 5.75 Å². The molecule has 0 aromatic heterocycles. The molecule has 15 heavy (non-hydrogen) atoms. The summed E-state index contributed by atoms with van der Waals surface area (Å²) in [6.07, 6.45) is 1.18. The molecule has 0 bridgehead atoms. The summed E-state index contributed by atoms with van der Waals surface area (Å²) < 4.78 is 5.77. The van der Waals surface area contributed by atoms with Crippen molar-refractivity contribution < 1.29 is 4.74 Å². The second-order valence-corrected chi connectivity index (χ2v) is 4.60. The number of rotatable bonds is 2. The van der Waals surface area contributed by atoms with Crippen LogP contribution in [0.2, 0.25) is 10.0 Å². The minimum absolute atomic E-state index is 0.183. The standard InChI is InChI=1S/C11H13Cl2NO/c1-7-4-9(12)11(10(13)5-7)15-8-2-3-14-6-8/h4-5,8,14H,2-3,6H2,1H3/t8-/m0/s1. The van der Waals surface area contributed by atoms with Crippen molar-refractivity contribution in [2.75, 3.05) is 13.1 Å². The Morgan fingerprint density at radius 2 is 2.00 bits per heavy atom. The lowest BCUT2D eigenvalue weighted by Crippen LogP contribution is -2.19. The van der Waals surface area contributed by atoms with E-state index in [4.69, 9.17) is 27.9 Å². The van der Waals surface area contributed by atoms with Crippen molar-refractivity contribution in [2.45, 2.75) is 19.4 Å². The van der Waals surface area contributed by atoms with Crippen molar-refractivity contribution in [1.29, 1.82) is 0 Å². The fourth-order valence-electron chi connectivity index (χ4n) is 1.69. The van der Waals surface area contributed by atoms with Gasteiger partial charge in [-0.2, -0.15) is 0 Å². The van der Waals surface area contributed by atoms with Gasteiger partial charge in [-0.3, -0.25) is 0 Å². The zero-order valence-electron chi connectivity index (χ0n) is 8.52. The highest BCUT2D eigenvalue weighted by atomic mass is 35.5. The van der Waals surface area contributed by atoms with Crippen LogP contribution in [-0.2, 0) is 0 Å². The van der Waals surface area contributed by atoms with Gasteiger partial charge in [-0.1, -0.05) is 23.2 Å². The van der Waals surface area contributed by atoms with E-state index in [1.807, 2.05) is 19.1 Å². The maximum Gasteiger partial charge on any atom is 0.156 e. The second-order valence-electron chi connectivity index (χ2n) is 3.79. The topological polar surface area (TPSA) is 21.3 Å². The lowest BCUT2D eigenvalue weighted by molar-refractivity contribution is 0.223. The maximum atomic E-state index is 6.08. The summed E-state index contributed by atoms with van der Waals surface area (Å²) in [7, 11) is 0. The van der Waals surface area contributed by atoms with Gasteiger partial charge in [0, 0.05) is 6.54 Å². The average molecular weight is 246 g/mol. The van der Waals surface area contributed by atoms with Gasteiger partial charge in [-0.05, 0) is 37.6 Å². The Morgan fingerprint density at radius 3 is 2.53 bits per heavy atom. The molecule has 1 saturated heterocycles. The van der Waals surface area contributed by atoms with Gasteiger partial charge in [-0.25, -0.2) is 0 Å². The summed E-state index contributed by atoms with van der Waals surface area (Å²) in [5, 5.41) is 4.41. The first-order valence-electron chi connectivity index (χ1n) is 5.00. The maximum absolute atomic E-state index is 6.08. The molecule has 0 radical (unpaired) electrons. The molecule has 82 valence electrons. The highest BCUT2D eigenvalue weighted by Crippen LogP contribution is 2.35. The minimum Gasteiger partial charge on any atom is -0.486 e. The number of hydrogen-bond donors (Lipinski definition) is 1. The Bertz CT molecular complexity index is 339. The fourth-order valence-corrected chi connectivity index (χ4v) is 2.38. The SMILES string of the molecule is Cc1cc(Cl)c(O[C@H]2CCNC2)c(Cl)c1. The monoisotopic (exact) mass is 245 g/mol. The Morgan fingerprint density at radius 1 is 1.33 bits per heavy atom. The van der Waals surface area contributed by atoms with Crippen LogP contribution >= 0.6 is 23.2 Å². The Kier molecular flexibility index (Phi) is 3.39. The van der Waals surface area contributed by atoms with Crippen molar-refractivity contribution >= 4 is 23.2 Å². The van der Waals surface area contributed by atoms with E-state index in [9.17, 15) is 0 Å². The molecule has 1 atom stereocenters. The van der Waals surface area contributed by atoms with E-state index in [0.29, 0.717) is 15.8 Å². The quantitative estimate of drug-likeness (QED) is 0.865. The van der Waals surface area contributed by atoms with Crippen LogP contribution < -0.4 is 10.1 Å². The molecule has 1 aliphatic rings. The second kappa shape index (κ2) is 4.60. The van der Waals surface area contributed by atoms with Crippen molar-refractivity contribution in [3.8, 4) is 5.75 Å². The van der Waals surface area contributed by atoms with E-state index in [1.54, 1.807) is 0 Å². The molecule has 2 rings (SSSR count). The van der Waals surface area contributed by atoms with Gasteiger partial charge in [-0.15, -0.1) is 0 Å². The van der Waals surface area contributed by atoms with Crippen LogP contribution in [0.1, 0.15) is 12.0 Å². The third-order valence-electron chi connectivity index (χ3n) is 2.44. The Balaban J connectivity index is 2.19. The fraction of sp³-hybridized carbons (Fsp3) is 0.455. The lowest BCUT2D eigenvalue weighted by Gasteiger charge is -2.15. The van der Waals surface area contributed by atoms with Crippen molar-refractivity contribution in [3.05, 3.63) is 27.7 Å². The predicted octanol–water partition coefficient (Wildman–Crippen LogP) is 3.04. The van der Waals surface area contributed by atoms with Gasteiger partial charge < -0.3 is 10.1 Å². The van der Waals surface area contributed by atoms with Crippen molar-refractivity contribution in [1.82, 2.24) is 5.32 Å². The molecule has 0 amide bonds. The van der Waals surface area contributed by atoms with Gasteiger partial charge in [0.1, 0.15) is 6.10 Å². The zero-order valence-corrected chi connectivity index (χ0v) is 10.0. The molecule has 1 aromatic rings. The molecule has 0 unspecified atom stereocenters. The van der Waals surface area contributed by atoms with Gasteiger partial charge >= 0.3 is 0 Å². The first-order valence-corrected chi connectivity index (χ1v) is 5.75. The van der Waals surface area contributed by atoms with Gasteiger partial charge in [0.25, 0.3) is 0 Å². The molecule has 1 N–H and O–H groups in total. The number of hydrogen-bond acceptors (Lipinski definition) is 2. The first kappa shape index (κ1) is 11.1. The third kappa shape index (κ3) is 2.57. The Hall–Kier alpha value is -0.440. The molecule has 0 saturated carbocycles. The molecular weight excluding hydrogens is 233 g/mol. The largest absolute Gasteiger partial charge is 0.486 e. The summed E-state index contributed by atoms with van der Waals surface area (Å²) in [5.74, 6) is 0.609. The van der Waals surface area contributed by atoms with E-state index in [1.165, 1.54) is 0 Å². The summed E-state index contributed by atoms with van der Waals surface area (Å²) in [5.41, 5.74) is 1.04. The summed E-state index contributed by atoms with van der Waals surface area (Å²) in [6.45, 7) is 3.81. The summed E-state index contributed by atoms with van der Waals surface area (Å²) in [6, 6.07) is 3.73. The van der Waals surface area contributed by atoms with Crippen LogP contribution in [0.25, 0.3) is 0 Å². The molecule has 2 nitrogen and oxygen atoms in total. The van der Waals surface area contributed by atoms with Gasteiger partial charge in [0.05, 0.1) is 10.0 Å². The highest BCUT2D eigenvalue weighted by Gasteiger charge is 2.19. The molecule has 0 aliphatic carbocycles. The van der Waals surface area contributed by atoms with E-state index in [2.05, 4.69) is 5.32 Å². The lowest BCUT2D eigenvalue weighted by atomic mass is 10.2. The number of ether oxygens (including phenoxy) is 1. The van der Waals surface area contributed by atoms with E-state index >= 15 is 0 Å². The number of nitrogens with one attached hydrogen (secondary N) is 1. The third-order valence-corrected chi connectivity index (χ3v) is 3.00. The molecule has 4 heteroatoms. The van der Waals surface area contributed by atoms with E-state index in [0.717, 1.165) is 25.1 Å². The van der Waals surface area contributed by atoms with Crippen LogP contribution in [0.3, 0.4) is 0 Å². The van der Waals surface area contributed by atoms with Gasteiger partial charge in [0.2, 0.25) is 0 Å². The van der Waals surface area contributed by atoms with Crippen LogP contribution in [-0.4, -0.2) is 19.2 Å². The van der Waals surface area contributed by atoms with Crippen LogP contribution in [0.15, 0.2) is 12.1 Å².